The molecule has 2 unspecified atom stereocenters. The maximum atomic E-state index is 13.2. The molecule has 3 aromatic rings. The maximum absolute atomic E-state index is 13.2. The number of rotatable bonds is 5. The predicted octanol–water partition coefficient (Wildman–Crippen LogP) is 2.11. The van der Waals surface area contributed by atoms with E-state index >= 15 is 0 Å². The fraction of sp³-hybridized carbons (Fsp3) is 0.429. The minimum Gasteiger partial charge on any atom is -0.480 e. The van der Waals surface area contributed by atoms with Gasteiger partial charge in [0.2, 0.25) is 11.8 Å². The summed E-state index contributed by atoms with van der Waals surface area (Å²) in [6, 6.07) is 3.90. The number of hydrogen-bond acceptors (Lipinski definition) is 8. The number of nitrogens with zero attached hydrogens (tertiary/aromatic N) is 8. The second-order valence-corrected chi connectivity index (χ2v) is 8.64. The number of aliphatic carboxylic acids is 1. The van der Waals surface area contributed by atoms with Crippen LogP contribution < -0.4 is 9.80 Å². The topological polar surface area (TPSA) is 113 Å². The minimum absolute atomic E-state index is 0.234. The van der Waals surface area contributed by atoms with E-state index in [4.69, 9.17) is 5.11 Å². The molecule has 0 amide bonds. The number of carbonyl (C=O) groups is 1. The lowest BCUT2D eigenvalue weighted by molar-refractivity contribution is -0.138. The third kappa shape index (κ3) is 4.24. The third-order valence-corrected chi connectivity index (χ3v) is 6.27. The lowest BCUT2D eigenvalue weighted by Gasteiger charge is -2.25. The molecule has 2 atom stereocenters. The first-order valence-electron chi connectivity index (χ1n) is 10.7. The summed E-state index contributed by atoms with van der Waals surface area (Å²) in [7, 11) is 0. The Balaban J connectivity index is 1.24. The summed E-state index contributed by atoms with van der Waals surface area (Å²) in [5, 5.41) is 20.3. The summed E-state index contributed by atoms with van der Waals surface area (Å²) in [4.78, 5) is 24.7. The number of carboxylic acid groups (broad SMARTS) is 1. The van der Waals surface area contributed by atoms with Crippen LogP contribution in [-0.2, 0) is 17.5 Å². The first kappa shape index (κ1) is 22.0. The van der Waals surface area contributed by atoms with E-state index in [1.165, 1.54) is 12.1 Å². The van der Waals surface area contributed by atoms with Crippen LogP contribution in [0.25, 0.3) is 11.4 Å². The van der Waals surface area contributed by atoms with E-state index in [1.54, 1.807) is 12.4 Å². The lowest BCUT2D eigenvalue weighted by atomic mass is 10.0. The number of alkyl halides is 3. The number of halogens is 3. The fourth-order valence-corrected chi connectivity index (χ4v) is 4.63. The van der Waals surface area contributed by atoms with E-state index in [1.807, 2.05) is 11.8 Å². The number of tetrazole rings is 1. The highest BCUT2D eigenvalue weighted by atomic mass is 19.4. The number of anilines is 2. The van der Waals surface area contributed by atoms with Gasteiger partial charge >= 0.3 is 12.1 Å². The van der Waals surface area contributed by atoms with Crippen molar-refractivity contribution < 1.29 is 23.1 Å². The molecule has 13 heteroatoms. The van der Waals surface area contributed by atoms with Gasteiger partial charge in [0.05, 0.1) is 11.1 Å². The summed E-state index contributed by atoms with van der Waals surface area (Å²) in [5.41, 5.74) is 1.36. The fourth-order valence-electron chi connectivity index (χ4n) is 4.63. The Hall–Kier alpha value is -3.77. The van der Waals surface area contributed by atoms with Gasteiger partial charge in [-0.05, 0) is 29.8 Å². The first-order chi connectivity index (χ1) is 16.2. The standard InChI is InChI=1S/C21H21F3N8O2/c1-12-2-3-16(21(22,23)24)4-17(12)30-7-14-9-31(10-15(14)8-30)20-25-5-13(6-26-20)19-27-29-32(28-19)11-18(33)34/h2-6,14-15H,7-11H2,1H3,(H,33,34). The predicted molar refractivity (Wildman–Crippen MR) is 114 cm³/mol. The molecule has 2 aliphatic rings. The number of hydrogen-bond donors (Lipinski definition) is 1. The zero-order valence-corrected chi connectivity index (χ0v) is 18.1. The van der Waals surface area contributed by atoms with Gasteiger partial charge < -0.3 is 14.9 Å². The Morgan fingerprint density at radius 3 is 2.35 bits per heavy atom. The van der Waals surface area contributed by atoms with Crippen molar-refractivity contribution in [2.75, 3.05) is 36.0 Å². The Kier molecular flexibility index (Phi) is 5.33. The summed E-state index contributed by atoms with van der Waals surface area (Å²) in [6.07, 6.45) is -1.23. The van der Waals surface area contributed by atoms with Gasteiger partial charge in [-0.1, -0.05) is 6.07 Å². The largest absolute Gasteiger partial charge is 0.480 e. The highest BCUT2D eigenvalue weighted by Crippen LogP contribution is 2.39. The van der Waals surface area contributed by atoms with Gasteiger partial charge in [0.25, 0.3) is 0 Å². The number of carboxylic acids is 1. The molecule has 178 valence electrons. The molecule has 34 heavy (non-hydrogen) atoms. The summed E-state index contributed by atoms with van der Waals surface area (Å²) < 4.78 is 39.5. The molecule has 10 nitrogen and oxygen atoms in total. The van der Waals surface area contributed by atoms with Crippen LogP contribution >= 0.6 is 0 Å². The maximum Gasteiger partial charge on any atom is 0.416 e. The van der Waals surface area contributed by atoms with E-state index in [0.29, 0.717) is 55.2 Å². The number of fused-ring (bicyclic) bond motifs is 1. The molecule has 0 aliphatic carbocycles. The van der Waals surface area contributed by atoms with Gasteiger partial charge in [0, 0.05) is 56.1 Å². The highest BCUT2D eigenvalue weighted by Gasteiger charge is 2.41. The van der Waals surface area contributed by atoms with E-state index in [0.717, 1.165) is 16.4 Å². The molecule has 2 saturated heterocycles. The van der Waals surface area contributed by atoms with Crippen molar-refractivity contribution in [3.05, 3.63) is 41.7 Å². The van der Waals surface area contributed by atoms with Gasteiger partial charge in [0.1, 0.15) is 0 Å². The van der Waals surface area contributed by atoms with E-state index in [2.05, 4.69) is 30.3 Å². The smallest absolute Gasteiger partial charge is 0.416 e. The molecular formula is C21H21F3N8O2. The van der Waals surface area contributed by atoms with Crippen LogP contribution in [0.4, 0.5) is 24.8 Å². The van der Waals surface area contributed by atoms with Crippen molar-refractivity contribution in [1.82, 2.24) is 30.2 Å². The normalized spacial score (nSPS) is 20.1. The minimum atomic E-state index is -4.36. The molecule has 5 rings (SSSR count). The highest BCUT2D eigenvalue weighted by molar-refractivity contribution is 5.66. The Morgan fingerprint density at radius 1 is 1.09 bits per heavy atom. The van der Waals surface area contributed by atoms with Gasteiger partial charge in [0.15, 0.2) is 6.54 Å². The average molecular weight is 474 g/mol. The van der Waals surface area contributed by atoms with Crippen molar-refractivity contribution in [3.63, 3.8) is 0 Å². The molecule has 2 fully saturated rings. The van der Waals surface area contributed by atoms with Crippen molar-refractivity contribution in [2.45, 2.75) is 19.6 Å². The van der Waals surface area contributed by atoms with Crippen LogP contribution in [0.2, 0.25) is 0 Å². The molecule has 1 aromatic carbocycles. The van der Waals surface area contributed by atoms with Crippen LogP contribution in [0.15, 0.2) is 30.6 Å². The second-order valence-electron chi connectivity index (χ2n) is 8.64. The van der Waals surface area contributed by atoms with Crippen LogP contribution in [0.3, 0.4) is 0 Å². The van der Waals surface area contributed by atoms with Gasteiger partial charge in [-0.2, -0.15) is 18.0 Å². The van der Waals surface area contributed by atoms with E-state index in [9.17, 15) is 18.0 Å². The molecule has 0 radical (unpaired) electrons. The van der Waals surface area contributed by atoms with Crippen molar-refractivity contribution in [2.24, 2.45) is 11.8 Å². The van der Waals surface area contributed by atoms with Crippen LogP contribution in [0.1, 0.15) is 11.1 Å². The van der Waals surface area contributed by atoms with Crippen LogP contribution in [0, 0.1) is 18.8 Å². The second kappa shape index (κ2) is 8.22. The quantitative estimate of drug-likeness (QED) is 0.594. The summed E-state index contributed by atoms with van der Waals surface area (Å²) in [6.45, 7) is 4.23. The van der Waals surface area contributed by atoms with Gasteiger partial charge in [-0.25, -0.2) is 9.97 Å². The molecule has 1 N–H and O–H groups in total. The lowest BCUT2D eigenvalue weighted by Crippen LogP contribution is -2.30. The third-order valence-electron chi connectivity index (χ3n) is 6.27. The molecular weight excluding hydrogens is 453 g/mol. The SMILES string of the molecule is Cc1ccc(C(F)(F)F)cc1N1CC2CN(c3ncc(-c4nnn(CC(=O)O)n4)cn3)CC2C1. The summed E-state index contributed by atoms with van der Waals surface area (Å²) in [5.74, 6) is 0.317. The molecule has 0 saturated carbocycles. The monoisotopic (exact) mass is 474 g/mol. The van der Waals surface area contributed by atoms with Crippen LogP contribution in [0.5, 0.6) is 0 Å². The average Bonchev–Trinajstić information content (AvgIpc) is 3.48. The Bertz CT molecular complexity index is 1200. The number of benzene rings is 1. The van der Waals surface area contributed by atoms with E-state index in [-0.39, 0.29) is 12.4 Å². The molecule has 0 spiro atoms. The molecule has 0 bridgehead atoms. The molecule has 2 aromatic heterocycles. The number of aromatic nitrogens is 6. The number of aryl methyl sites for hydroxylation is 1. The van der Waals surface area contributed by atoms with E-state index < -0.39 is 17.7 Å². The van der Waals surface area contributed by atoms with Gasteiger partial charge in [-0.15, -0.1) is 10.2 Å². The molecule has 4 heterocycles. The molecule has 2 aliphatic heterocycles. The Labute approximate surface area is 192 Å². The summed E-state index contributed by atoms with van der Waals surface area (Å²) >= 11 is 0. The first-order valence-corrected chi connectivity index (χ1v) is 10.7. The zero-order valence-electron chi connectivity index (χ0n) is 18.1. The van der Waals surface area contributed by atoms with Crippen molar-refractivity contribution >= 4 is 17.6 Å². The van der Waals surface area contributed by atoms with Gasteiger partial charge in [-0.3, -0.25) is 4.79 Å². The Morgan fingerprint density at radius 2 is 1.74 bits per heavy atom. The van der Waals surface area contributed by atoms with Crippen molar-refractivity contribution in [1.29, 1.82) is 0 Å². The van der Waals surface area contributed by atoms with Crippen LogP contribution in [-0.4, -0.2) is 67.4 Å². The zero-order chi connectivity index (χ0) is 24.0. The van der Waals surface area contributed by atoms with Crippen molar-refractivity contribution in [3.8, 4) is 11.4 Å².